The second-order valence-corrected chi connectivity index (χ2v) is 6.08. The molecule has 0 saturated carbocycles. The monoisotopic (exact) mass is 242 g/mol. The van der Waals surface area contributed by atoms with Crippen LogP contribution >= 0.6 is 0 Å². The first-order chi connectivity index (χ1) is 7.94. The van der Waals surface area contributed by atoms with Crippen molar-refractivity contribution in [3.8, 4) is 0 Å². The van der Waals surface area contributed by atoms with E-state index < -0.39 is 5.60 Å². The largest absolute Gasteiger partial charge is 0.389 e. The van der Waals surface area contributed by atoms with Gasteiger partial charge in [0.2, 0.25) is 0 Å². The van der Waals surface area contributed by atoms with Crippen molar-refractivity contribution in [2.45, 2.75) is 58.1 Å². The van der Waals surface area contributed by atoms with E-state index in [1.54, 1.807) is 0 Å². The van der Waals surface area contributed by atoms with E-state index in [2.05, 4.69) is 31.1 Å². The minimum absolute atomic E-state index is 0.501. The summed E-state index contributed by atoms with van der Waals surface area (Å²) in [4.78, 5) is 2.41. The molecule has 2 N–H and O–H groups in total. The van der Waals surface area contributed by atoms with Crippen LogP contribution in [0.1, 0.15) is 46.5 Å². The van der Waals surface area contributed by atoms with Gasteiger partial charge in [-0.15, -0.1) is 0 Å². The molecule has 1 saturated heterocycles. The smallest absolute Gasteiger partial charge is 0.0743 e. The number of rotatable bonds is 6. The number of piperidine rings is 1. The Morgan fingerprint density at radius 1 is 1.53 bits per heavy atom. The van der Waals surface area contributed by atoms with Crippen LogP contribution in [0.3, 0.4) is 0 Å². The van der Waals surface area contributed by atoms with Crippen LogP contribution in [-0.2, 0) is 0 Å². The van der Waals surface area contributed by atoms with Crippen LogP contribution in [0.4, 0.5) is 0 Å². The van der Waals surface area contributed by atoms with Gasteiger partial charge in [0.05, 0.1) is 5.60 Å². The number of hydrogen-bond acceptors (Lipinski definition) is 3. The molecular weight excluding hydrogens is 212 g/mol. The summed E-state index contributed by atoms with van der Waals surface area (Å²) >= 11 is 0. The SMILES string of the molecule is CCCC(C)(O)CNC(C)C1CCCN(C)C1. The Hall–Kier alpha value is -0.120. The number of nitrogens with zero attached hydrogens (tertiary/aromatic N) is 1. The van der Waals surface area contributed by atoms with Crippen LogP contribution in [0.5, 0.6) is 0 Å². The lowest BCUT2D eigenvalue weighted by atomic mass is 9.91. The molecule has 0 aromatic carbocycles. The first-order valence-electron chi connectivity index (χ1n) is 7.09. The van der Waals surface area contributed by atoms with E-state index in [0.717, 1.165) is 18.8 Å². The van der Waals surface area contributed by atoms with Gasteiger partial charge >= 0.3 is 0 Å². The summed E-state index contributed by atoms with van der Waals surface area (Å²) in [5.41, 5.74) is -0.552. The van der Waals surface area contributed by atoms with Gasteiger partial charge < -0.3 is 15.3 Å². The highest BCUT2D eigenvalue weighted by molar-refractivity contribution is 4.82. The highest BCUT2D eigenvalue weighted by Gasteiger charge is 2.25. The second kappa shape index (κ2) is 6.72. The summed E-state index contributed by atoms with van der Waals surface area (Å²) in [5.74, 6) is 0.728. The van der Waals surface area contributed by atoms with E-state index in [1.807, 2.05) is 6.92 Å². The zero-order valence-electron chi connectivity index (χ0n) is 12.0. The lowest BCUT2D eigenvalue weighted by molar-refractivity contribution is 0.0433. The molecule has 1 aliphatic rings. The van der Waals surface area contributed by atoms with Crippen LogP contribution in [0.25, 0.3) is 0 Å². The van der Waals surface area contributed by atoms with Crippen LogP contribution in [0, 0.1) is 5.92 Å². The minimum atomic E-state index is -0.552. The Kier molecular flexibility index (Phi) is 5.90. The lowest BCUT2D eigenvalue weighted by Gasteiger charge is -2.35. The molecular formula is C14H30N2O. The van der Waals surface area contributed by atoms with Gasteiger partial charge in [0.1, 0.15) is 0 Å². The topological polar surface area (TPSA) is 35.5 Å². The highest BCUT2D eigenvalue weighted by atomic mass is 16.3. The summed E-state index contributed by atoms with van der Waals surface area (Å²) < 4.78 is 0. The molecule has 3 unspecified atom stereocenters. The molecule has 0 aromatic rings. The lowest BCUT2D eigenvalue weighted by Crippen LogP contribution is -2.47. The fourth-order valence-electron chi connectivity index (χ4n) is 2.79. The van der Waals surface area contributed by atoms with Gasteiger partial charge in [-0.05, 0) is 52.6 Å². The van der Waals surface area contributed by atoms with Gasteiger partial charge in [-0.1, -0.05) is 13.3 Å². The Morgan fingerprint density at radius 3 is 2.82 bits per heavy atom. The maximum Gasteiger partial charge on any atom is 0.0743 e. The number of hydrogen-bond donors (Lipinski definition) is 2. The van der Waals surface area contributed by atoms with E-state index in [-0.39, 0.29) is 0 Å². The first kappa shape index (κ1) is 14.9. The molecule has 17 heavy (non-hydrogen) atoms. The van der Waals surface area contributed by atoms with Crippen molar-refractivity contribution in [3.05, 3.63) is 0 Å². The number of likely N-dealkylation sites (tertiary alicyclic amines) is 1. The van der Waals surface area contributed by atoms with E-state index in [1.165, 1.54) is 25.9 Å². The van der Waals surface area contributed by atoms with Crippen LogP contribution < -0.4 is 5.32 Å². The summed E-state index contributed by atoms with van der Waals surface area (Å²) in [6.45, 7) is 9.44. The fourth-order valence-corrected chi connectivity index (χ4v) is 2.79. The maximum absolute atomic E-state index is 10.1. The third kappa shape index (κ3) is 5.36. The highest BCUT2D eigenvalue weighted by Crippen LogP contribution is 2.19. The van der Waals surface area contributed by atoms with Crippen LogP contribution in [-0.4, -0.2) is 48.3 Å². The predicted octanol–water partition coefficient (Wildman–Crippen LogP) is 1.86. The average Bonchev–Trinajstić information content (AvgIpc) is 2.26. The maximum atomic E-state index is 10.1. The van der Waals surface area contributed by atoms with Gasteiger partial charge in [0.25, 0.3) is 0 Å². The summed E-state index contributed by atoms with van der Waals surface area (Å²) in [7, 11) is 2.20. The quantitative estimate of drug-likeness (QED) is 0.746. The third-order valence-electron chi connectivity index (χ3n) is 3.96. The van der Waals surface area contributed by atoms with Crippen molar-refractivity contribution in [3.63, 3.8) is 0 Å². The molecule has 3 nitrogen and oxygen atoms in total. The van der Waals surface area contributed by atoms with Crippen molar-refractivity contribution in [1.29, 1.82) is 0 Å². The van der Waals surface area contributed by atoms with Crippen molar-refractivity contribution >= 4 is 0 Å². The Balaban J connectivity index is 2.30. The molecule has 0 spiro atoms. The fraction of sp³-hybridized carbons (Fsp3) is 1.00. The normalized spacial score (nSPS) is 27.7. The second-order valence-electron chi connectivity index (χ2n) is 6.08. The van der Waals surface area contributed by atoms with Crippen LogP contribution in [0.2, 0.25) is 0 Å². The van der Waals surface area contributed by atoms with Crippen molar-refractivity contribution < 1.29 is 5.11 Å². The number of nitrogens with one attached hydrogen (secondary N) is 1. The van der Waals surface area contributed by atoms with Gasteiger partial charge in [-0.3, -0.25) is 0 Å². The predicted molar refractivity (Wildman–Crippen MR) is 73.2 cm³/mol. The Morgan fingerprint density at radius 2 is 2.24 bits per heavy atom. The molecule has 1 fully saturated rings. The van der Waals surface area contributed by atoms with E-state index in [9.17, 15) is 5.11 Å². The minimum Gasteiger partial charge on any atom is -0.389 e. The van der Waals surface area contributed by atoms with Crippen LogP contribution in [0.15, 0.2) is 0 Å². The molecule has 1 rings (SSSR count). The molecule has 1 aliphatic heterocycles. The molecule has 0 bridgehead atoms. The first-order valence-corrected chi connectivity index (χ1v) is 7.09. The Labute approximate surface area is 107 Å². The zero-order valence-corrected chi connectivity index (χ0v) is 12.0. The molecule has 0 amide bonds. The zero-order chi connectivity index (χ0) is 12.9. The summed E-state index contributed by atoms with van der Waals surface area (Å²) in [6, 6.07) is 0.501. The summed E-state index contributed by atoms with van der Waals surface area (Å²) in [6.07, 6.45) is 4.53. The van der Waals surface area contributed by atoms with Crippen molar-refractivity contribution in [2.24, 2.45) is 5.92 Å². The Bertz CT molecular complexity index is 218. The third-order valence-corrected chi connectivity index (χ3v) is 3.96. The van der Waals surface area contributed by atoms with Gasteiger partial charge in [-0.25, -0.2) is 0 Å². The van der Waals surface area contributed by atoms with E-state index in [0.29, 0.717) is 12.6 Å². The average molecular weight is 242 g/mol. The summed E-state index contributed by atoms with van der Waals surface area (Å²) in [5, 5.41) is 13.7. The van der Waals surface area contributed by atoms with Gasteiger partial charge in [0.15, 0.2) is 0 Å². The molecule has 0 radical (unpaired) electrons. The molecule has 3 atom stereocenters. The van der Waals surface area contributed by atoms with E-state index >= 15 is 0 Å². The number of aliphatic hydroxyl groups is 1. The molecule has 0 aliphatic carbocycles. The molecule has 0 aromatic heterocycles. The van der Waals surface area contributed by atoms with Crippen molar-refractivity contribution in [2.75, 3.05) is 26.7 Å². The molecule has 102 valence electrons. The van der Waals surface area contributed by atoms with Crippen molar-refractivity contribution in [1.82, 2.24) is 10.2 Å². The van der Waals surface area contributed by atoms with Gasteiger partial charge in [0, 0.05) is 19.1 Å². The molecule has 3 heteroatoms. The van der Waals surface area contributed by atoms with Gasteiger partial charge in [-0.2, -0.15) is 0 Å². The van der Waals surface area contributed by atoms with E-state index in [4.69, 9.17) is 0 Å². The molecule has 1 heterocycles. The standard InChI is InChI=1S/C14H30N2O/c1-5-8-14(3,17)11-15-12(2)13-7-6-9-16(4)10-13/h12-13,15,17H,5-11H2,1-4H3.